The van der Waals surface area contributed by atoms with Crippen LogP contribution >= 0.6 is 11.3 Å². The van der Waals surface area contributed by atoms with Gasteiger partial charge < -0.3 is 24.6 Å². The molecule has 3 aliphatic heterocycles. The molecule has 4 atom stereocenters. The van der Waals surface area contributed by atoms with Gasteiger partial charge in [0.15, 0.2) is 10.9 Å². The molecule has 0 bridgehead atoms. The summed E-state index contributed by atoms with van der Waals surface area (Å²) in [6.07, 6.45) is 4.03. The van der Waals surface area contributed by atoms with Gasteiger partial charge in [0.2, 0.25) is 5.91 Å². The van der Waals surface area contributed by atoms with Crippen LogP contribution in [0.25, 0.3) is 21.7 Å². The van der Waals surface area contributed by atoms with Gasteiger partial charge in [-0.2, -0.15) is 0 Å². The molecule has 4 fully saturated rings. The van der Waals surface area contributed by atoms with Crippen LogP contribution < -0.4 is 10.2 Å². The number of hydrogen-bond donors (Lipinski definition) is 1. The highest BCUT2D eigenvalue weighted by atomic mass is 32.1. The molecule has 13 nitrogen and oxygen atoms in total. The minimum Gasteiger partial charge on any atom is -0.383 e. The molecule has 3 saturated heterocycles. The minimum atomic E-state index is -0.794. The lowest BCUT2D eigenvalue weighted by atomic mass is 9.83. The summed E-state index contributed by atoms with van der Waals surface area (Å²) >= 11 is 1.62. The highest BCUT2D eigenvalue weighted by Crippen LogP contribution is 2.34. The second-order valence-electron chi connectivity index (χ2n) is 12.2. The van der Waals surface area contributed by atoms with E-state index in [1.54, 1.807) is 30.6 Å². The van der Waals surface area contributed by atoms with Crippen molar-refractivity contribution in [1.29, 1.82) is 0 Å². The predicted octanol–water partition coefficient (Wildman–Crippen LogP) is 3.11. The van der Waals surface area contributed by atoms with E-state index in [0.717, 1.165) is 87.8 Å². The van der Waals surface area contributed by atoms with Crippen molar-refractivity contribution < 1.29 is 23.9 Å². The van der Waals surface area contributed by atoms with Crippen LogP contribution in [0.1, 0.15) is 42.5 Å². The number of methoxy groups -OCH3 is 1. The summed E-state index contributed by atoms with van der Waals surface area (Å²) < 4.78 is 10.8. The number of Topliss-reactive ketones (excluding diaryl/α,β-unsaturated/α-hetero) is 1. The molecule has 1 aromatic carbocycles. The van der Waals surface area contributed by atoms with E-state index in [-0.39, 0.29) is 36.7 Å². The monoisotopic (exact) mass is 636 g/mol. The highest BCUT2D eigenvalue weighted by Gasteiger charge is 2.53. The van der Waals surface area contributed by atoms with Crippen molar-refractivity contribution in [1.82, 2.24) is 20.1 Å². The number of thiazole rings is 1. The van der Waals surface area contributed by atoms with E-state index in [0.29, 0.717) is 5.56 Å². The van der Waals surface area contributed by atoms with E-state index in [9.17, 15) is 14.4 Å². The Kier molecular flexibility index (Phi) is 9.96. The van der Waals surface area contributed by atoms with Crippen LogP contribution in [0, 0.1) is 5.92 Å². The number of carbonyl (C=O) groups excluding carboxylic acids is 3. The zero-order valence-corrected chi connectivity index (χ0v) is 26.4. The lowest BCUT2D eigenvalue weighted by molar-refractivity contribution is -0.139. The molecule has 2 aromatic rings. The molecule has 240 valence electrons. The van der Waals surface area contributed by atoms with Crippen LogP contribution in [0.3, 0.4) is 0 Å². The molecule has 2 amide bonds. The van der Waals surface area contributed by atoms with Gasteiger partial charge in [0, 0.05) is 67.8 Å². The van der Waals surface area contributed by atoms with Gasteiger partial charge in [0.1, 0.15) is 18.7 Å². The number of benzene rings is 1. The Bertz CT molecular complexity index is 1420. The molecule has 4 aliphatic rings. The Balaban J connectivity index is 1.13. The summed E-state index contributed by atoms with van der Waals surface area (Å²) in [6.45, 7) is 5.45. The zero-order valence-electron chi connectivity index (χ0n) is 25.5. The summed E-state index contributed by atoms with van der Waals surface area (Å²) in [6, 6.07) is 5.08. The van der Waals surface area contributed by atoms with E-state index in [4.69, 9.17) is 20.0 Å². The number of anilines is 1. The van der Waals surface area contributed by atoms with Crippen LogP contribution in [0.15, 0.2) is 34.8 Å². The lowest BCUT2D eigenvalue weighted by Gasteiger charge is -2.34. The second kappa shape index (κ2) is 14.3. The third kappa shape index (κ3) is 6.85. The summed E-state index contributed by atoms with van der Waals surface area (Å²) in [7, 11) is 1.73. The number of rotatable bonds is 10. The van der Waals surface area contributed by atoms with Crippen LogP contribution in [-0.2, 0) is 19.1 Å². The first kappa shape index (κ1) is 31.4. The van der Waals surface area contributed by atoms with Gasteiger partial charge in [-0.25, -0.2) is 4.98 Å². The van der Waals surface area contributed by atoms with Gasteiger partial charge >= 0.3 is 0 Å². The SMILES string of the molecule is COCCN1CCN(c2nc(-c3ccc(C(=O)N[C@H](C(=O)N4C[C@@H](N=[N+]=[N-])[C@H]5OCC(=O)[C@H]54)C4CCCCC4)cc3)cs2)CC1. The maximum Gasteiger partial charge on any atom is 0.251 e. The third-order valence-corrected chi connectivity index (χ3v) is 10.4. The largest absolute Gasteiger partial charge is 0.383 e. The van der Waals surface area contributed by atoms with Crippen molar-refractivity contribution in [2.75, 3.05) is 64.5 Å². The van der Waals surface area contributed by atoms with Crippen molar-refractivity contribution in [2.24, 2.45) is 11.0 Å². The number of likely N-dealkylation sites (tertiary alicyclic amines) is 1. The molecule has 0 radical (unpaired) electrons. The van der Waals surface area contributed by atoms with Crippen molar-refractivity contribution >= 4 is 34.1 Å². The van der Waals surface area contributed by atoms with Gasteiger partial charge in [0.25, 0.3) is 5.91 Å². The number of aromatic nitrogens is 1. The maximum absolute atomic E-state index is 14.0. The number of nitrogens with zero attached hydrogens (tertiary/aromatic N) is 7. The molecule has 1 aliphatic carbocycles. The van der Waals surface area contributed by atoms with Crippen LogP contribution in [0.4, 0.5) is 5.13 Å². The molecule has 4 heterocycles. The third-order valence-electron chi connectivity index (χ3n) is 9.50. The molecule has 45 heavy (non-hydrogen) atoms. The number of ketones is 1. The number of carbonyl (C=O) groups is 3. The van der Waals surface area contributed by atoms with Crippen molar-refractivity contribution in [3.8, 4) is 11.3 Å². The quantitative estimate of drug-likeness (QED) is 0.237. The molecule has 0 spiro atoms. The van der Waals surface area contributed by atoms with Gasteiger partial charge in [-0.15, -0.1) is 11.3 Å². The first-order valence-corrected chi connectivity index (χ1v) is 16.7. The number of ether oxygens (including phenoxy) is 2. The van der Waals surface area contributed by atoms with Crippen molar-refractivity contribution in [3.05, 3.63) is 45.7 Å². The van der Waals surface area contributed by atoms with Gasteiger partial charge in [-0.05, 0) is 36.4 Å². The fourth-order valence-corrected chi connectivity index (χ4v) is 7.88. The number of nitrogens with one attached hydrogen (secondary N) is 1. The summed E-state index contributed by atoms with van der Waals surface area (Å²) in [5, 5.41) is 9.86. The Labute approximate surface area is 266 Å². The van der Waals surface area contributed by atoms with Gasteiger partial charge in [-0.3, -0.25) is 19.3 Å². The summed E-state index contributed by atoms with van der Waals surface area (Å²) in [5.74, 6) is -0.903. The number of fused-ring (bicyclic) bond motifs is 1. The summed E-state index contributed by atoms with van der Waals surface area (Å²) in [5.41, 5.74) is 11.3. The highest BCUT2D eigenvalue weighted by molar-refractivity contribution is 7.14. The van der Waals surface area contributed by atoms with E-state index >= 15 is 0 Å². The Morgan fingerprint density at radius 3 is 2.64 bits per heavy atom. The zero-order chi connectivity index (χ0) is 31.3. The average Bonchev–Trinajstić information content (AvgIpc) is 3.81. The van der Waals surface area contributed by atoms with Crippen LogP contribution in [-0.4, -0.2) is 116 Å². The number of hydrogen-bond acceptors (Lipinski definition) is 10. The minimum absolute atomic E-state index is 0.0425. The van der Waals surface area contributed by atoms with Crippen LogP contribution in [0.5, 0.6) is 0 Å². The predicted molar refractivity (Wildman–Crippen MR) is 169 cm³/mol. The lowest BCUT2D eigenvalue weighted by Crippen LogP contribution is -2.55. The smallest absolute Gasteiger partial charge is 0.251 e. The second-order valence-corrected chi connectivity index (χ2v) is 13.0. The Morgan fingerprint density at radius 2 is 1.93 bits per heavy atom. The van der Waals surface area contributed by atoms with Crippen molar-refractivity contribution in [2.45, 2.75) is 56.3 Å². The molecule has 1 aromatic heterocycles. The Hall–Kier alpha value is -3.55. The number of piperazine rings is 1. The van der Waals surface area contributed by atoms with E-state index < -0.39 is 24.2 Å². The molecular formula is C31H40N8O5S. The summed E-state index contributed by atoms with van der Waals surface area (Å²) in [4.78, 5) is 54.2. The van der Waals surface area contributed by atoms with Gasteiger partial charge in [-0.1, -0.05) is 36.5 Å². The van der Waals surface area contributed by atoms with E-state index in [2.05, 4.69) is 25.1 Å². The normalized spacial score (nSPS) is 24.7. The molecular weight excluding hydrogens is 596 g/mol. The topological polar surface area (TPSA) is 153 Å². The first-order chi connectivity index (χ1) is 22.0. The van der Waals surface area contributed by atoms with Crippen LogP contribution in [0.2, 0.25) is 0 Å². The maximum atomic E-state index is 14.0. The van der Waals surface area contributed by atoms with E-state index in [1.807, 2.05) is 17.5 Å². The fraction of sp³-hybridized carbons (Fsp3) is 0.613. The average molecular weight is 637 g/mol. The number of amides is 2. The number of azide groups is 1. The molecule has 0 unspecified atom stereocenters. The fourth-order valence-electron chi connectivity index (χ4n) is 6.99. The standard InChI is InChI=1S/C31H40N8O5S/c1-43-16-15-37-11-13-38(14-12-37)31-33-24(19-45-31)20-7-9-22(10-8-20)29(41)34-26(21-5-3-2-4-6-21)30(42)39-17-23(35-36-32)28-27(39)25(40)18-44-28/h7-10,19,21,23,26-28H,2-6,11-18H2,1H3,(H,34,41)/t23-,26+,27-,28-/m1/s1. The van der Waals surface area contributed by atoms with Crippen molar-refractivity contribution in [3.63, 3.8) is 0 Å². The molecule has 1 N–H and O–H groups in total. The van der Waals surface area contributed by atoms with Gasteiger partial charge in [0.05, 0.1) is 24.4 Å². The molecule has 1 saturated carbocycles. The van der Waals surface area contributed by atoms with E-state index in [1.165, 1.54) is 4.90 Å². The Morgan fingerprint density at radius 1 is 1.18 bits per heavy atom. The molecule has 6 rings (SSSR count). The first-order valence-electron chi connectivity index (χ1n) is 15.8. The molecule has 14 heteroatoms.